The quantitative estimate of drug-likeness (QED) is 0.206. The van der Waals surface area contributed by atoms with E-state index in [9.17, 15) is 9.59 Å². The molecular weight excluding hydrogens is 398 g/mol. The number of aryl methyl sites for hydroxylation is 2. The van der Waals surface area contributed by atoms with Crippen molar-refractivity contribution in [2.24, 2.45) is 28.7 Å². The summed E-state index contributed by atoms with van der Waals surface area (Å²) in [4.78, 5) is 36.0. The molecule has 1 aromatic rings. The molecule has 30 heavy (non-hydrogen) atoms. The maximum Gasteiger partial charge on any atom is 0.233 e. The normalized spacial score (nSPS) is 27.3. The Labute approximate surface area is 182 Å². The Morgan fingerprint density at radius 2 is 1.93 bits per heavy atom. The van der Waals surface area contributed by atoms with Gasteiger partial charge in [0.05, 0.1) is 16.8 Å². The zero-order chi connectivity index (χ0) is 21.1. The third-order valence-corrected chi connectivity index (χ3v) is 7.27. The first-order valence-corrected chi connectivity index (χ1v) is 11.9. The minimum atomic E-state index is -0.100. The van der Waals surface area contributed by atoms with Gasteiger partial charge in [0.15, 0.2) is 5.96 Å². The molecule has 4 rings (SSSR count). The van der Waals surface area contributed by atoms with Crippen molar-refractivity contribution in [3.63, 3.8) is 0 Å². The summed E-state index contributed by atoms with van der Waals surface area (Å²) in [5.41, 5.74) is 1.08. The van der Waals surface area contributed by atoms with Gasteiger partial charge in [0.25, 0.3) is 0 Å². The van der Waals surface area contributed by atoms with Crippen LogP contribution >= 0.6 is 11.3 Å². The molecule has 1 aliphatic heterocycles. The van der Waals surface area contributed by atoms with Gasteiger partial charge in [0.2, 0.25) is 11.8 Å². The number of carbonyl (C=O) groups excluding carboxylic acids is 2. The number of likely N-dealkylation sites (tertiary alicyclic amines) is 1. The Kier molecular flexibility index (Phi) is 6.51. The monoisotopic (exact) mass is 429 g/mol. The molecule has 7 nitrogen and oxygen atoms in total. The number of hydrogen-bond acceptors (Lipinski definition) is 5. The molecule has 2 aliphatic carbocycles. The first kappa shape index (κ1) is 21.0. The Balaban J connectivity index is 1.20. The van der Waals surface area contributed by atoms with Crippen LogP contribution in [0.5, 0.6) is 0 Å². The number of imide groups is 1. The van der Waals surface area contributed by atoms with Gasteiger partial charge < -0.3 is 10.6 Å². The number of amides is 2. The van der Waals surface area contributed by atoms with E-state index in [-0.39, 0.29) is 35.5 Å². The first-order valence-electron chi connectivity index (χ1n) is 11.0. The van der Waals surface area contributed by atoms with Crippen molar-refractivity contribution in [1.82, 2.24) is 20.5 Å². The lowest BCUT2D eigenvalue weighted by atomic mass is 9.85. The third kappa shape index (κ3) is 4.29. The first-order chi connectivity index (χ1) is 14.6. The summed E-state index contributed by atoms with van der Waals surface area (Å²) in [6, 6.07) is 0. The van der Waals surface area contributed by atoms with Crippen LogP contribution in [0.25, 0.3) is 0 Å². The van der Waals surface area contributed by atoms with Crippen molar-refractivity contribution in [2.45, 2.75) is 39.5 Å². The average molecular weight is 430 g/mol. The number of aromatic nitrogens is 1. The highest BCUT2D eigenvalue weighted by atomic mass is 32.1. The SMILES string of the molecule is CCNC(=NCCCN1C(=O)C2C3C=CC(C3)C2C1=O)NCCCc1nc(C)cs1. The van der Waals surface area contributed by atoms with E-state index in [0.717, 1.165) is 44.0 Å². The molecule has 1 saturated heterocycles. The van der Waals surface area contributed by atoms with Gasteiger partial charge >= 0.3 is 0 Å². The van der Waals surface area contributed by atoms with Crippen LogP contribution in [-0.2, 0) is 16.0 Å². The number of carbonyl (C=O) groups is 2. The summed E-state index contributed by atoms with van der Waals surface area (Å²) in [5.74, 6) is 1.20. The molecule has 0 radical (unpaired) electrons. The minimum Gasteiger partial charge on any atom is -0.357 e. The van der Waals surface area contributed by atoms with Crippen LogP contribution in [0, 0.1) is 30.6 Å². The lowest BCUT2D eigenvalue weighted by Crippen LogP contribution is -2.38. The maximum atomic E-state index is 12.7. The molecule has 0 spiro atoms. The topological polar surface area (TPSA) is 86.7 Å². The van der Waals surface area contributed by atoms with Crippen molar-refractivity contribution < 1.29 is 9.59 Å². The van der Waals surface area contributed by atoms with Crippen LogP contribution in [0.2, 0.25) is 0 Å². The maximum absolute atomic E-state index is 12.7. The van der Waals surface area contributed by atoms with E-state index in [2.05, 4.69) is 38.1 Å². The van der Waals surface area contributed by atoms with Crippen molar-refractivity contribution in [1.29, 1.82) is 0 Å². The van der Waals surface area contributed by atoms with Crippen molar-refractivity contribution in [3.8, 4) is 0 Å². The number of thiazole rings is 1. The number of hydrogen-bond donors (Lipinski definition) is 2. The standard InChI is InChI=1S/C22H31N5O2S/c1-3-23-22(24-9-4-6-17-26-14(2)13-30-17)25-10-5-11-27-20(28)18-15-7-8-16(12-15)19(18)21(27)29/h7-8,13,15-16,18-19H,3-6,9-12H2,1-2H3,(H2,23,24,25). The highest BCUT2D eigenvalue weighted by molar-refractivity contribution is 7.09. The zero-order valence-electron chi connectivity index (χ0n) is 17.8. The largest absolute Gasteiger partial charge is 0.357 e. The number of nitrogens with one attached hydrogen (secondary N) is 2. The summed E-state index contributed by atoms with van der Waals surface area (Å²) < 4.78 is 0. The molecule has 4 unspecified atom stereocenters. The smallest absolute Gasteiger partial charge is 0.233 e. The minimum absolute atomic E-state index is 0.0354. The second-order valence-electron chi connectivity index (χ2n) is 8.36. The van der Waals surface area contributed by atoms with E-state index < -0.39 is 0 Å². The molecule has 2 fully saturated rings. The van der Waals surface area contributed by atoms with Gasteiger partial charge in [0, 0.05) is 43.7 Å². The van der Waals surface area contributed by atoms with E-state index in [4.69, 9.17) is 0 Å². The van der Waals surface area contributed by atoms with Gasteiger partial charge in [-0.15, -0.1) is 11.3 Å². The number of aliphatic imine (C=N–C) groups is 1. The molecule has 8 heteroatoms. The van der Waals surface area contributed by atoms with Crippen LogP contribution < -0.4 is 10.6 Å². The number of rotatable bonds is 9. The van der Waals surface area contributed by atoms with Gasteiger partial charge in [-0.25, -0.2) is 4.98 Å². The fraction of sp³-hybridized carbons (Fsp3) is 0.636. The zero-order valence-corrected chi connectivity index (χ0v) is 18.6. The Bertz CT molecular complexity index is 818. The van der Waals surface area contributed by atoms with Gasteiger partial charge in [-0.2, -0.15) is 0 Å². The van der Waals surface area contributed by atoms with Crippen LogP contribution in [0.15, 0.2) is 22.5 Å². The summed E-state index contributed by atoms with van der Waals surface area (Å²) >= 11 is 1.71. The molecular formula is C22H31N5O2S. The second kappa shape index (κ2) is 9.29. The molecule has 0 aromatic carbocycles. The van der Waals surface area contributed by atoms with E-state index in [0.29, 0.717) is 19.5 Å². The van der Waals surface area contributed by atoms with Crippen LogP contribution in [-0.4, -0.2) is 53.8 Å². The number of allylic oxidation sites excluding steroid dienone is 2. The van der Waals surface area contributed by atoms with Gasteiger partial charge in [-0.3, -0.25) is 19.5 Å². The molecule has 162 valence electrons. The van der Waals surface area contributed by atoms with Gasteiger partial charge in [-0.05, 0) is 44.9 Å². The predicted octanol–water partition coefficient (Wildman–Crippen LogP) is 2.14. The highest BCUT2D eigenvalue weighted by Gasteiger charge is 2.58. The summed E-state index contributed by atoms with van der Waals surface area (Å²) in [7, 11) is 0. The fourth-order valence-corrected chi connectivity index (χ4v) is 5.73. The van der Waals surface area contributed by atoms with Gasteiger partial charge in [-0.1, -0.05) is 12.2 Å². The van der Waals surface area contributed by atoms with E-state index in [1.54, 1.807) is 11.3 Å². The van der Waals surface area contributed by atoms with Gasteiger partial charge in [0.1, 0.15) is 0 Å². The average Bonchev–Trinajstić information content (AvgIpc) is 3.49. The predicted molar refractivity (Wildman–Crippen MR) is 118 cm³/mol. The van der Waals surface area contributed by atoms with Crippen LogP contribution in [0.1, 0.15) is 36.9 Å². The third-order valence-electron chi connectivity index (χ3n) is 6.24. The van der Waals surface area contributed by atoms with Crippen molar-refractivity contribution in [2.75, 3.05) is 26.2 Å². The molecule has 2 N–H and O–H groups in total. The van der Waals surface area contributed by atoms with Crippen LogP contribution in [0.4, 0.5) is 0 Å². The molecule has 1 saturated carbocycles. The Hall–Kier alpha value is -2.22. The molecule has 3 aliphatic rings. The van der Waals surface area contributed by atoms with Crippen molar-refractivity contribution >= 4 is 29.1 Å². The molecule has 1 aromatic heterocycles. The number of guanidine groups is 1. The summed E-state index contributed by atoms with van der Waals surface area (Å²) in [6.07, 6.45) is 7.89. The second-order valence-corrected chi connectivity index (χ2v) is 9.30. The molecule has 2 bridgehead atoms. The number of fused-ring (bicyclic) bond motifs is 5. The molecule has 2 amide bonds. The van der Waals surface area contributed by atoms with Crippen LogP contribution in [0.3, 0.4) is 0 Å². The molecule has 4 atom stereocenters. The summed E-state index contributed by atoms with van der Waals surface area (Å²) in [5, 5.41) is 9.86. The number of nitrogens with zero attached hydrogens (tertiary/aromatic N) is 3. The summed E-state index contributed by atoms with van der Waals surface area (Å²) in [6.45, 7) is 6.73. The molecule has 2 heterocycles. The lowest BCUT2D eigenvalue weighted by molar-refractivity contribution is -0.140. The van der Waals surface area contributed by atoms with E-state index in [1.807, 2.05) is 13.8 Å². The van der Waals surface area contributed by atoms with E-state index >= 15 is 0 Å². The fourth-order valence-electron chi connectivity index (χ4n) is 4.91. The van der Waals surface area contributed by atoms with Crippen molar-refractivity contribution in [3.05, 3.63) is 28.2 Å². The van der Waals surface area contributed by atoms with E-state index in [1.165, 1.54) is 9.91 Å². The Morgan fingerprint density at radius 1 is 1.20 bits per heavy atom. The Morgan fingerprint density at radius 3 is 2.57 bits per heavy atom. The highest BCUT2D eigenvalue weighted by Crippen LogP contribution is 2.52. The lowest BCUT2D eigenvalue weighted by Gasteiger charge is -2.17.